The Labute approximate surface area is 166 Å². The number of sulfonamides is 2. The minimum absolute atomic E-state index is 0.0554. The van der Waals surface area contributed by atoms with Crippen LogP contribution in [0.4, 0.5) is 5.69 Å². The summed E-state index contributed by atoms with van der Waals surface area (Å²) in [6.45, 7) is 0.336. The summed E-state index contributed by atoms with van der Waals surface area (Å²) in [5.41, 5.74) is 0.407. The van der Waals surface area contributed by atoms with Gasteiger partial charge in [-0.25, -0.2) is 21.6 Å². The van der Waals surface area contributed by atoms with E-state index in [0.29, 0.717) is 23.1 Å². The molecule has 1 heterocycles. The molecule has 144 valence electrons. The smallest absolute Gasteiger partial charge is 0.265 e. The first kappa shape index (κ1) is 19.8. The lowest BCUT2D eigenvalue weighted by Gasteiger charge is -2.28. The van der Waals surface area contributed by atoms with Crippen molar-refractivity contribution in [2.45, 2.75) is 17.7 Å². The molecule has 0 aromatic heterocycles. The Morgan fingerprint density at radius 1 is 1.07 bits per heavy atom. The molecule has 0 atom stereocenters. The molecule has 0 spiro atoms. The van der Waals surface area contributed by atoms with Crippen molar-refractivity contribution in [3.63, 3.8) is 0 Å². The maximum Gasteiger partial charge on any atom is 0.265 e. The molecule has 0 unspecified atom stereocenters. The molecule has 1 saturated heterocycles. The van der Waals surface area contributed by atoms with Crippen molar-refractivity contribution < 1.29 is 21.6 Å². The second-order valence-electron chi connectivity index (χ2n) is 6.01. The van der Waals surface area contributed by atoms with Gasteiger partial charge >= 0.3 is 0 Å². The quantitative estimate of drug-likeness (QED) is 0.736. The third kappa shape index (κ3) is 4.33. The molecule has 3 rings (SSSR count). The third-order valence-electron chi connectivity index (χ3n) is 4.10. The Morgan fingerprint density at radius 2 is 1.81 bits per heavy atom. The van der Waals surface area contributed by atoms with E-state index in [1.54, 1.807) is 24.3 Å². The Balaban J connectivity index is 1.87. The predicted molar refractivity (Wildman–Crippen MR) is 106 cm³/mol. The van der Waals surface area contributed by atoms with E-state index < -0.39 is 26.0 Å². The molecule has 1 N–H and O–H groups in total. The molecule has 2 aromatic rings. The number of carbonyl (C=O) groups excluding carboxylic acids is 1. The van der Waals surface area contributed by atoms with E-state index in [4.69, 9.17) is 0 Å². The number of halogens is 1. The Morgan fingerprint density at radius 3 is 2.52 bits per heavy atom. The van der Waals surface area contributed by atoms with Gasteiger partial charge in [-0.15, -0.1) is 0 Å². The highest BCUT2D eigenvalue weighted by Crippen LogP contribution is 2.25. The number of carbonyl (C=O) groups is 1. The fourth-order valence-corrected chi connectivity index (χ4v) is 6.39. The van der Waals surface area contributed by atoms with Gasteiger partial charge in [0, 0.05) is 16.6 Å². The van der Waals surface area contributed by atoms with Gasteiger partial charge in [0.05, 0.1) is 11.4 Å². The number of nitrogens with one attached hydrogen (secondary N) is 1. The largest absolute Gasteiger partial charge is 0.270 e. The number of hydrogen-bond donors (Lipinski definition) is 1. The standard InChI is InChI=1S/C17H17BrN2O5S2/c18-15-8-1-2-9-16(15)27(24,25)19-17(21)13-6-5-7-14(12-13)20-10-3-4-11-26(20,22)23/h1-2,5-9,12H,3-4,10-11H2,(H,19,21). The van der Waals surface area contributed by atoms with Crippen LogP contribution in [0.15, 0.2) is 57.9 Å². The number of hydrogen-bond acceptors (Lipinski definition) is 5. The summed E-state index contributed by atoms with van der Waals surface area (Å²) >= 11 is 3.15. The van der Waals surface area contributed by atoms with Gasteiger partial charge in [-0.05, 0) is 59.1 Å². The average molecular weight is 473 g/mol. The van der Waals surface area contributed by atoms with Crippen LogP contribution in [-0.2, 0) is 20.0 Å². The molecule has 1 aliphatic rings. The van der Waals surface area contributed by atoms with Gasteiger partial charge in [0.15, 0.2) is 0 Å². The van der Waals surface area contributed by atoms with Crippen LogP contribution in [-0.4, -0.2) is 35.0 Å². The Kier molecular flexibility index (Phi) is 5.59. The van der Waals surface area contributed by atoms with Crippen LogP contribution in [0, 0.1) is 0 Å². The minimum Gasteiger partial charge on any atom is -0.270 e. The number of anilines is 1. The number of nitrogens with zero attached hydrogens (tertiary/aromatic N) is 1. The first-order valence-corrected chi connectivity index (χ1v) is 12.0. The summed E-state index contributed by atoms with van der Waals surface area (Å²) in [7, 11) is -7.50. The predicted octanol–water partition coefficient (Wildman–Crippen LogP) is 2.50. The number of amides is 1. The average Bonchev–Trinajstić information content (AvgIpc) is 2.61. The lowest BCUT2D eigenvalue weighted by Crippen LogP contribution is -2.38. The zero-order chi connectivity index (χ0) is 19.7. The first-order chi connectivity index (χ1) is 12.7. The molecule has 0 bridgehead atoms. The van der Waals surface area contributed by atoms with Crippen molar-refractivity contribution >= 4 is 47.6 Å². The third-order valence-corrected chi connectivity index (χ3v) is 8.31. The van der Waals surface area contributed by atoms with Crippen molar-refractivity contribution in [1.29, 1.82) is 0 Å². The molecule has 7 nitrogen and oxygen atoms in total. The Hall–Kier alpha value is -1.91. The number of rotatable bonds is 4. The van der Waals surface area contributed by atoms with E-state index in [9.17, 15) is 21.6 Å². The summed E-state index contributed by atoms with van der Waals surface area (Å²) in [6.07, 6.45) is 1.33. The van der Waals surface area contributed by atoms with Crippen molar-refractivity contribution in [2.75, 3.05) is 16.6 Å². The topological polar surface area (TPSA) is 101 Å². The number of benzene rings is 2. The van der Waals surface area contributed by atoms with Crippen LogP contribution in [0.25, 0.3) is 0 Å². The van der Waals surface area contributed by atoms with Crippen molar-refractivity contribution in [1.82, 2.24) is 4.72 Å². The van der Waals surface area contributed by atoms with Crippen molar-refractivity contribution in [3.8, 4) is 0 Å². The lowest BCUT2D eigenvalue weighted by molar-refractivity contribution is 0.0981. The second kappa shape index (κ2) is 7.61. The fraction of sp³-hybridized carbons (Fsp3) is 0.235. The second-order valence-corrected chi connectivity index (χ2v) is 10.5. The fourth-order valence-electron chi connectivity index (χ4n) is 2.78. The summed E-state index contributed by atoms with van der Waals surface area (Å²) < 4.78 is 53.0. The zero-order valence-corrected chi connectivity index (χ0v) is 17.3. The molecule has 10 heteroatoms. The van der Waals surface area contributed by atoms with Crippen LogP contribution < -0.4 is 9.03 Å². The summed E-state index contributed by atoms with van der Waals surface area (Å²) in [5.74, 6) is -0.776. The molecule has 0 radical (unpaired) electrons. The highest BCUT2D eigenvalue weighted by atomic mass is 79.9. The van der Waals surface area contributed by atoms with Gasteiger partial charge in [0.25, 0.3) is 15.9 Å². The van der Waals surface area contributed by atoms with Crippen LogP contribution in [0.3, 0.4) is 0 Å². The molecular weight excluding hydrogens is 456 g/mol. The maximum atomic E-state index is 12.5. The summed E-state index contributed by atoms with van der Waals surface area (Å²) in [6, 6.07) is 12.1. The van der Waals surface area contributed by atoms with Crippen LogP contribution in [0.1, 0.15) is 23.2 Å². The first-order valence-electron chi connectivity index (χ1n) is 8.13. The van der Waals surface area contributed by atoms with Gasteiger partial charge in [0.1, 0.15) is 4.90 Å². The van der Waals surface area contributed by atoms with Gasteiger partial charge in [0.2, 0.25) is 10.0 Å². The molecule has 27 heavy (non-hydrogen) atoms. The molecule has 0 aliphatic carbocycles. The van der Waals surface area contributed by atoms with Gasteiger partial charge in [-0.3, -0.25) is 9.10 Å². The monoisotopic (exact) mass is 472 g/mol. The minimum atomic E-state index is -4.08. The van der Waals surface area contributed by atoms with E-state index in [0.717, 1.165) is 6.42 Å². The molecule has 1 fully saturated rings. The van der Waals surface area contributed by atoms with Crippen LogP contribution >= 0.6 is 15.9 Å². The van der Waals surface area contributed by atoms with E-state index in [2.05, 4.69) is 15.9 Å². The molecular formula is C17H17BrN2O5S2. The van der Waals surface area contributed by atoms with Crippen LogP contribution in [0.5, 0.6) is 0 Å². The van der Waals surface area contributed by atoms with E-state index in [1.165, 1.54) is 28.6 Å². The van der Waals surface area contributed by atoms with E-state index in [-0.39, 0.29) is 16.2 Å². The normalized spacial score (nSPS) is 16.7. The molecule has 1 aliphatic heterocycles. The van der Waals surface area contributed by atoms with E-state index >= 15 is 0 Å². The van der Waals surface area contributed by atoms with E-state index in [1.807, 2.05) is 4.72 Å². The van der Waals surface area contributed by atoms with Gasteiger partial charge in [-0.2, -0.15) is 0 Å². The maximum absolute atomic E-state index is 12.5. The lowest BCUT2D eigenvalue weighted by atomic mass is 10.2. The zero-order valence-electron chi connectivity index (χ0n) is 14.1. The van der Waals surface area contributed by atoms with Crippen LogP contribution in [0.2, 0.25) is 0 Å². The Bertz CT molecular complexity index is 1080. The molecule has 1 amide bonds. The SMILES string of the molecule is O=C(NS(=O)(=O)c1ccccc1Br)c1cccc(N2CCCCS2(=O)=O)c1. The summed E-state index contributed by atoms with van der Waals surface area (Å²) in [4.78, 5) is 12.4. The molecule has 0 saturated carbocycles. The highest BCUT2D eigenvalue weighted by Gasteiger charge is 2.27. The summed E-state index contributed by atoms with van der Waals surface area (Å²) in [5, 5.41) is 0. The van der Waals surface area contributed by atoms with Gasteiger partial charge < -0.3 is 0 Å². The van der Waals surface area contributed by atoms with Gasteiger partial charge in [-0.1, -0.05) is 18.2 Å². The highest BCUT2D eigenvalue weighted by molar-refractivity contribution is 9.10. The van der Waals surface area contributed by atoms with Crippen molar-refractivity contribution in [2.24, 2.45) is 0 Å². The molecule has 2 aromatic carbocycles. The van der Waals surface area contributed by atoms with Crippen molar-refractivity contribution in [3.05, 3.63) is 58.6 Å².